The van der Waals surface area contributed by atoms with Crippen molar-refractivity contribution in [1.82, 2.24) is 4.90 Å². The molecule has 1 aromatic carbocycles. The van der Waals surface area contributed by atoms with Crippen LogP contribution >= 0.6 is 0 Å². The number of aliphatic hydroxyl groups is 1. The van der Waals surface area contributed by atoms with Gasteiger partial charge in [0, 0.05) is 12.5 Å². The van der Waals surface area contributed by atoms with Gasteiger partial charge in [-0.2, -0.15) is 0 Å². The van der Waals surface area contributed by atoms with Gasteiger partial charge in [-0.15, -0.1) is 0 Å². The first-order valence-electron chi connectivity index (χ1n) is 7.85. The molecule has 0 bridgehead atoms. The quantitative estimate of drug-likeness (QED) is 0.924. The second-order valence-corrected chi connectivity index (χ2v) is 6.32. The molecule has 0 radical (unpaired) electrons. The third-order valence-corrected chi connectivity index (χ3v) is 4.60. The topological polar surface area (TPSA) is 49.8 Å². The minimum absolute atomic E-state index is 0.183. The smallest absolute Gasteiger partial charge is 0.225 e. The van der Waals surface area contributed by atoms with E-state index in [1.54, 1.807) is 0 Å². The Hall–Kier alpha value is -1.55. The van der Waals surface area contributed by atoms with Crippen molar-refractivity contribution < 1.29 is 14.6 Å². The van der Waals surface area contributed by atoms with Crippen molar-refractivity contribution in [3.63, 3.8) is 0 Å². The Morgan fingerprint density at radius 3 is 2.71 bits per heavy atom. The molecule has 1 heterocycles. The van der Waals surface area contributed by atoms with Gasteiger partial charge in [-0.3, -0.25) is 4.79 Å². The van der Waals surface area contributed by atoms with E-state index < -0.39 is 5.60 Å². The van der Waals surface area contributed by atoms with E-state index in [4.69, 9.17) is 4.74 Å². The van der Waals surface area contributed by atoms with Gasteiger partial charge in [-0.1, -0.05) is 31.0 Å². The molecule has 2 aliphatic rings. The summed E-state index contributed by atoms with van der Waals surface area (Å²) in [7, 11) is 0. The van der Waals surface area contributed by atoms with Crippen molar-refractivity contribution in [3.05, 3.63) is 30.3 Å². The SMILES string of the molecule is O=C(C1CCCC1)N1CC[C@@](O)(COc2ccccc2)C1. The lowest BCUT2D eigenvalue weighted by Crippen LogP contribution is -2.42. The summed E-state index contributed by atoms with van der Waals surface area (Å²) in [6, 6.07) is 9.49. The zero-order valence-electron chi connectivity index (χ0n) is 12.3. The molecule has 0 unspecified atom stereocenters. The number of rotatable bonds is 4. The monoisotopic (exact) mass is 289 g/mol. The third-order valence-electron chi connectivity index (χ3n) is 4.60. The van der Waals surface area contributed by atoms with Gasteiger partial charge >= 0.3 is 0 Å². The highest BCUT2D eigenvalue weighted by Gasteiger charge is 2.40. The Morgan fingerprint density at radius 1 is 1.29 bits per heavy atom. The van der Waals surface area contributed by atoms with Crippen LogP contribution in [0.3, 0.4) is 0 Å². The van der Waals surface area contributed by atoms with Gasteiger partial charge in [0.05, 0.1) is 6.54 Å². The predicted molar refractivity (Wildman–Crippen MR) is 80.0 cm³/mol. The lowest BCUT2D eigenvalue weighted by Gasteiger charge is -2.25. The number of hydrogen-bond acceptors (Lipinski definition) is 3. The summed E-state index contributed by atoms with van der Waals surface area (Å²) >= 11 is 0. The first-order chi connectivity index (χ1) is 10.2. The molecular formula is C17H23NO3. The Kier molecular flexibility index (Phi) is 4.15. The number of nitrogens with zero attached hydrogens (tertiary/aromatic N) is 1. The van der Waals surface area contributed by atoms with E-state index in [0.717, 1.165) is 31.4 Å². The van der Waals surface area contributed by atoms with Gasteiger partial charge in [0.15, 0.2) is 0 Å². The Labute approximate surface area is 125 Å². The van der Waals surface area contributed by atoms with Gasteiger partial charge in [0.25, 0.3) is 0 Å². The van der Waals surface area contributed by atoms with E-state index in [1.807, 2.05) is 35.2 Å². The third kappa shape index (κ3) is 3.38. The molecule has 4 nitrogen and oxygen atoms in total. The van der Waals surface area contributed by atoms with Crippen molar-refractivity contribution in [2.45, 2.75) is 37.7 Å². The molecule has 1 aliphatic heterocycles. The molecule has 114 valence electrons. The van der Waals surface area contributed by atoms with Gasteiger partial charge in [0.2, 0.25) is 5.91 Å². The number of ether oxygens (including phenoxy) is 1. The Bertz CT molecular complexity index is 484. The van der Waals surface area contributed by atoms with Crippen LogP contribution in [-0.4, -0.2) is 41.2 Å². The highest BCUT2D eigenvalue weighted by Crippen LogP contribution is 2.30. The molecule has 1 amide bonds. The molecular weight excluding hydrogens is 266 g/mol. The molecule has 1 saturated heterocycles. The summed E-state index contributed by atoms with van der Waals surface area (Å²) in [5.74, 6) is 1.16. The summed E-state index contributed by atoms with van der Waals surface area (Å²) in [5, 5.41) is 10.6. The average molecular weight is 289 g/mol. The van der Waals surface area contributed by atoms with E-state index in [-0.39, 0.29) is 18.4 Å². The zero-order chi connectivity index (χ0) is 14.7. The number of hydrogen-bond donors (Lipinski definition) is 1. The van der Waals surface area contributed by atoms with Crippen LogP contribution in [0.25, 0.3) is 0 Å². The first kappa shape index (κ1) is 14.4. The van der Waals surface area contributed by atoms with Crippen LogP contribution in [0.2, 0.25) is 0 Å². The van der Waals surface area contributed by atoms with E-state index >= 15 is 0 Å². The van der Waals surface area contributed by atoms with Gasteiger partial charge in [-0.05, 0) is 31.4 Å². The standard InChI is InChI=1S/C17H23NO3/c19-16(14-6-4-5-7-14)18-11-10-17(20,12-18)13-21-15-8-2-1-3-9-15/h1-3,8-9,14,20H,4-7,10-13H2/t17-/m0/s1. The molecule has 0 aromatic heterocycles. The lowest BCUT2D eigenvalue weighted by molar-refractivity contribution is -0.135. The molecule has 2 fully saturated rings. The van der Waals surface area contributed by atoms with Crippen LogP contribution in [0.4, 0.5) is 0 Å². The van der Waals surface area contributed by atoms with E-state index in [9.17, 15) is 9.90 Å². The molecule has 1 aliphatic carbocycles. The van der Waals surface area contributed by atoms with Crippen LogP contribution < -0.4 is 4.74 Å². The molecule has 0 spiro atoms. The minimum atomic E-state index is -0.913. The van der Waals surface area contributed by atoms with Crippen molar-refractivity contribution in [1.29, 1.82) is 0 Å². The number of carbonyl (C=O) groups is 1. The fraction of sp³-hybridized carbons (Fsp3) is 0.588. The molecule has 21 heavy (non-hydrogen) atoms. The van der Waals surface area contributed by atoms with E-state index in [0.29, 0.717) is 19.5 Å². The van der Waals surface area contributed by atoms with E-state index in [2.05, 4.69) is 0 Å². The molecule has 1 saturated carbocycles. The highest BCUT2D eigenvalue weighted by molar-refractivity contribution is 5.79. The van der Waals surface area contributed by atoms with Crippen molar-refractivity contribution >= 4 is 5.91 Å². The van der Waals surface area contributed by atoms with Gasteiger partial charge in [-0.25, -0.2) is 0 Å². The number of likely N-dealkylation sites (tertiary alicyclic amines) is 1. The fourth-order valence-corrected chi connectivity index (χ4v) is 3.33. The second kappa shape index (κ2) is 6.06. The minimum Gasteiger partial charge on any atom is -0.491 e. The summed E-state index contributed by atoms with van der Waals surface area (Å²) in [6.45, 7) is 1.28. The van der Waals surface area contributed by atoms with Crippen LogP contribution in [0, 0.1) is 5.92 Å². The fourth-order valence-electron chi connectivity index (χ4n) is 3.33. The number of carbonyl (C=O) groups excluding carboxylic acids is 1. The van der Waals surface area contributed by atoms with E-state index in [1.165, 1.54) is 0 Å². The normalized spacial score (nSPS) is 26.2. The highest BCUT2D eigenvalue weighted by atomic mass is 16.5. The van der Waals surface area contributed by atoms with Crippen molar-refractivity contribution in [3.8, 4) is 5.75 Å². The lowest BCUT2D eigenvalue weighted by atomic mass is 10.0. The van der Waals surface area contributed by atoms with Crippen molar-refractivity contribution in [2.24, 2.45) is 5.92 Å². The molecule has 3 rings (SSSR count). The maximum Gasteiger partial charge on any atom is 0.225 e. The number of β-amino-alcohol motifs (C(OH)–C–C–N with tert-alkyl or cyclic N) is 1. The Balaban J connectivity index is 1.53. The summed E-state index contributed by atoms with van der Waals surface area (Å²) in [5.41, 5.74) is -0.913. The average Bonchev–Trinajstić information content (AvgIpc) is 3.16. The largest absolute Gasteiger partial charge is 0.491 e. The van der Waals surface area contributed by atoms with Crippen LogP contribution in [0.1, 0.15) is 32.1 Å². The van der Waals surface area contributed by atoms with Crippen LogP contribution in [-0.2, 0) is 4.79 Å². The van der Waals surface area contributed by atoms with Crippen LogP contribution in [0.5, 0.6) is 5.75 Å². The summed E-state index contributed by atoms with van der Waals surface area (Å²) in [4.78, 5) is 14.2. The Morgan fingerprint density at radius 2 is 2.00 bits per heavy atom. The number of amides is 1. The van der Waals surface area contributed by atoms with Crippen LogP contribution in [0.15, 0.2) is 30.3 Å². The molecule has 1 aromatic rings. The predicted octanol–water partition coefficient (Wildman–Crippen LogP) is 2.22. The molecule has 1 atom stereocenters. The zero-order valence-corrected chi connectivity index (χ0v) is 12.3. The van der Waals surface area contributed by atoms with Gasteiger partial charge in [0.1, 0.15) is 18.0 Å². The molecule has 4 heteroatoms. The molecule has 1 N–H and O–H groups in total. The second-order valence-electron chi connectivity index (χ2n) is 6.32. The number of para-hydroxylation sites is 1. The van der Waals surface area contributed by atoms with Crippen molar-refractivity contribution in [2.75, 3.05) is 19.7 Å². The van der Waals surface area contributed by atoms with Gasteiger partial charge < -0.3 is 14.7 Å². The maximum atomic E-state index is 12.4. The maximum absolute atomic E-state index is 12.4. The number of benzene rings is 1. The summed E-state index contributed by atoms with van der Waals surface area (Å²) in [6.07, 6.45) is 4.93. The first-order valence-corrected chi connectivity index (χ1v) is 7.85. The summed E-state index contributed by atoms with van der Waals surface area (Å²) < 4.78 is 5.66.